The number of rotatable bonds is 7. The zero-order valence-electron chi connectivity index (χ0n) is 11.9. The Bertz CT molecular complexity index is 530. The fourth-order valence-corrected chi connectivity index (χ4v) is 1.99. The molecule has 116 valence electrons. The van der Waals surface area contributed by atoms with Gasteiger partial charge in [-0.25, -0.2) is 0 Å². The lowest BCUT2D eigenvalue weighted by molar-refractivity contribution is -0.142. The minimum atomic E-state index is -1.50. The van der Waals surface area contributed by atoms with Crippen LogP contribution in [0.25, 0.3) is 0 Å². The highest BCUT2D eigenvalue weighted by Gasteiger charge is 2.25. The van der Waals surface area contributed by atoms with E-state index in [2.05, 4.69) is 5.32 Å². The molecule has 1 aromatic rings. The number of benzene rings is 1. The SMILES string of the molecule is COc1ccc(Cl)cc1CC(=O)NCC(C)(O)CC(=O)O. The number of carboxylic acid groups (broad SMARTS) is 1. The van der Waals surface area contributed by atoms with Crippen LogP contribution >= 0.6 is 11.6 Å². The molecule has 1 atom stereocenters. The maximum atomic E-state index is 11.9. The Morgan fingerprint density at radius 1 is 1.43 bits per heavy atom. The second-order valence-electron chi connectivity index (χ2n) is 4.98. The van der Waals surface area contributed by atoms with Crippen LogP contribution in [0.3, 0.4) is 0 Å². The number of hydrogen-bond donors (Lipinski definition) is 3. The fourth-order valence-electron chi connectivity index (χ4n) is 1.80. The van der Waals surface area contributed by atoms with Gasteiger partial charge in [0.05, 0.1) is 25.6 Å². The number of ether oxygens (including phenoxy) is 1. The molecule has 3 N–H and O–H groups in total. The van der Waals surface area contributed by atoms with E-state index in [1.54, 1.807) is 18.2 Å². The van der Waals surface area contributed by atoms with Crippen molar-refractivity contribution in [2.75, 3.05) is 13.7 Å². The van der Waals surface area contributed by atoms with Gasteiger partial charge in [-0.05, 0) is 25.1 Å². The van der Waals surface area contributed by atoms with Crippen molar-refractivity contribution in [3.63, 3.8) is 0 Å². The van der Waals surface area contributed by atoms with Gasteiger partial charge in [0.1, 0.15) is 5.75 Å². The summed E-state index contributed by atoms with van der Waals surface area (Å²) in [6, 6.07) is 4.93. The van der Waals surface area contributed by atoms with Crippen molar-refractivity contribution in [2.24, 2.45) is 0 Å². The third-order valence-corrected chi connectivity index (χ3v) is 3.03. The molecule has 6 nitrogen and oxygen atoms in total. The molecular weight excluding hydrogens is 298 g/mol. The number of halogens is 1. The lowest BCUT2D eigenvalue weighted by Gasteiger charge is -2.21. The number of carbonyl (C=O) groups excluding carboxylic acids is 1. The third kappa shape index (κ3) is 6.01. The maximum Gasteiger partial charge on any atom is 0.306 e. The number of amides is 1. The molecule has 0 bridgehead atoms. The lowest BCUT2D eigenvalue weighted by atomic mass is 10.0. The first-order chi connectivity index (χ1) is 9.73. The molecule has 1 amide bonds. The van der Waals surface area contributed by atoms with Gasteiger partial charge in [0.15, 0.2) is 0 Å². The molecule has 0 aliphatic rings. The van der Waals surface area contributed by atoms with Crippen LogP contribution in [0.15, 0.2) is 18.2 Å². The Morgan fingerprint density at radius 3 is 2.67 bits per heavy atom. The normalized spacial score (nSPS) is 13.3. The largest absolute Gasteiger partial charge is 0.496 e. The van der Waals surface area contributed by atoms with E-state index in [4.69, 9.17) is 21.4 Å². The van der Waals surface area contributed by atoms with E-state index < -0.39 is 18.0 Å². The molecule has 1 unspecified atom stereocenters. The average Bonchev–Trinajstić information content (AvgIpc) is 2.35. The zero-order valence-corrected chi connectivity index (χ0v) is 12.6. The number of aliphatic carboxylic acids is 1. The Labute approximate surface area is 127 Å². The average molecular weight is 316 g/mol. The predicted molar refractivity (Wildman–Crippen MR) is 77.6 cm³/mol. The van der Waals surface area contributed by atoms with Crippen molar-refractivity contribution in [3.05, 3.63) is 28.8 Å². The monoisotopic (exact) mass is 315 g/mol. The summed E-state index contributed by atoms with van der Waals surface area (Å²) in [6.07, 6.45) is -0.430. The molecule has 1 aromatic carbocycles. The van der Waals surface area contributed by atoms with Crippen LogP contribution in [-0.2, 0) is 16.0 Å². The van der Waals surface area contributed by atoms with Crippen LogP contribution in [0.5, 0.6) is 5.75 Å². The molecule has 0 fully saturated rings. The van der Waals surface area contributed by atoms with Gasteiger partial charge < -0.3 is 20.3 Å². The molecule has 0 saturated heterocycles. The first kappa shape index (κ1) is 17.3. The van der Waals surface area contributed by atoms with Crippen LogP contribution in [0.1, 0.15) is 18.9 Å². The van der Waals surface area contributed by atoms with E-state index in [0.717, 1.165) is 0 Å². The standard InChI is InChI=1S/C14H18ClNO5/c1-14(20,7-13(18)19)8-16-12(17)6-9-5-10(15)3-4-11(9)21-2/h3-5,20H,6-8H2,1-2H3,(H,16,17)(H,18,19). The number of nitrogens with one attached hydrogen (secondary N) is 1. The number of hydrogen-bond acceptors (Lipinski definition) is 4. The van der Waals surface area contributed by atoms with Crippen LogP contribution in [-0.4, -0.2) is 41.3 Å². The molecule has 0 heterocycles. The quantitative estimate of drug-likeness (QED) is 0.703. The van der Waals surface area contributed by atoms with Gasteiger partial charge in [-0.15, -0.1) is 0 Å². The van der Waals surface area contributed by atoms with Gasteiger partial charge in [-0.2, -0.15) is 0 Å². The number of aliphatic hydroxyl groups is 1. The highest BCUT2D eigenvalue weighted by molar-refractivity contribution is 6.30. The van der Waals surface area contributed by atoms with Crippen molar-refractivity contribution in [1.29, 1.82) is 0 Å². The first-order valence-electron chi connectivity index (χ1n) is 6.27. The van der Waals surface area contributed by atoms with Crippen molar-refractivity contribution in [2.45, 2.75) is 25.4 Å². The summed E-state index contributed by atoms with van der Waals surface area (Å²) in [5.74, 6) is -0.959. The smallest absolute Gasteiger partial charge is 0.306 e. The van der Waals surface area contributed by atoms with E-state index in [9.17, 15) is 14.7 Å². The first-order valence-corrected chi connectivity index (χ1v) is 6.64. The fraction of sp³-hybridized carbons (Fsp3) is 0.429. The topological polar surface area (TPSA) is 95.9 Å². The van der Waals surface area contributed by atoms with Gasteiger partial charge in [0.2, 0.25) is 5.91 Å². The van der Waals surface area contributed by atoms with E-state index >= 15 is 0 Å². The summed E-state index contributed by atoms with van der Waals surface area (Å²) in [6.45, 7) is 1.20. The highest BCUT2D eigenvalue weighted by atomic mass is 35.5. The van der Waals surface area contributed by atoms with Gasteiger partial charge in [0.25, 0.3) is 0 Å². The van der Waals surface area contributed by atoms with Gasteiger partial charge >= 0.3 is 5.97 Å². The van der Waals surface area contributed by atoms with Gasteiger partial charge in [-0.1, -0.05) is 11.6 Å². The summed E-state index contributed by atoms with van der Waals surface area (Å²) in [7, 11) is 1.49. The molecule has 0 spiro atoms. The minimum Gasteiger partial charge on any atom is -0.496 e. The molecule has 21 heavy (non-hydrogen) atoms. The van der Waals surface area contributed by atoms with Crippen LogP contribution < -0.4 is 10.1 Å². The molecule has 0 radical (unpaired) electrons. The minimum absolute atomic E-state index is 0.0207. The van der Waals surface area contributed by atoms with E-state index in [0.29, 0.717) is 16.3 Å². The second kappa shape index (κ2) is 7.28. The van der Waals surface area contributed by atoms with Gasteiger partial charge in [-0.3, -0.25) is 9.59 Å². The zero-order chi connectivity index (χ0) is 16.0. The predicted octanol–water partition coefficient (Wildman–Crippen LogP) is 1.23. The number of carbonyl (C=O) groups is 2. The highest BCUT2D eigenvalue weighted by Crippen LogP contribution is 2.23. The van der Waals surface area contributed by atoms with Crippen LogP contribution in [0, 0.1) is 0 Å². The van der Waals surface area contributed by atoms with E-state index in [1.807, 2.05) is 0 Å². The Hall–Kier alpha value is -1.79. The van der Waals surface area contributed by atoms with Crippen LogP contribution in [0.2, 0.25) is 5.02 Å². The van der Waals surface area contributed by atoms with E-state index in [1.165, 1.54) is 14.0 Å². The summed E-state index contributed by atoms with van der Waals surface area (Å²) >= 11 is 5.87. The van der Waals surface area contributed by atoms with Crippen molar-refractivity contribution >= 4 is 23.5 Å². The number of methoxy groups -OCH3 is 1. The molecule has 0 aliphatic heterocycles. The van der Waals surface area contributed by atoms with Crippen molar-refractivity contribution in [1.82, 2.24) is 5.32 Å². The summed E-state index contributed by atoms with van der Waals surface area (Å²) < 4.78 is 5.13. The summed E-state index contributed by atoms with van der Waals surface area (Å²) in [5, 5.41) is 21.4. The molecule has 7 heteroatoms. The number of carboxylic acids is 1. The van der Waals surface area contributed by atoms with Crippen molar-refractivity contribution in [3.8, 4) is 5.75 Å². The Kier molecular flexibility index (Phi) is 5.99. The molecule has 0 aliphatic carbocycles. The molecular formula is C14H18ClNO5. The summed E-state index contributed by atoms with van der Waals surface area (Å²) in [5.41, 5.74) is -0.889. The van der Waals surface area contributed by atoms with E-state index in [-0.39, 0.29) is 18.9 Å². The Morgan fingerprint density at radius 2 is 2.10 bits per heavy atom. The van der Waals surface area contributed by atoms with Gasteiger partial charge in [0, 0.05) is 17.1 Å². The second-order valence-corrected chi connectivity index (χ2v) is 5.41. The Balaban J connectivity index is 2.62. The molecule has 0 aromatic heterocycles. The maximum absolute atomic E-state index is 11.9. The third-order valence-electron chi connectivity index (χ3n) is 2.79. The summed E-state index contributed by atoms with van der Waals surface area (Å²) in [4.78, 5) is 22.4. The van der Waals surface area contributed by atoms with Crippen molar-refractivity contribution < 1.29 is 24.5 Å². The van der Waals surface area contributed by atoms with Crippen LogP contribution in [0.4, 0.5) is 0 Å². The lowest BCUT2D eigenvalue weighted by Crippen LogP contribution is -2.42. The molecule has 1 rings (SSSR count). The molecule has 0 saturated carbocycles.